The fraction of sp³-hybridized carbons (Fsp3) is 0.917. The summed E-state index contributed by atoms with van der Waals surface area (Å²) in [5, 5.41) is 0. The molecule has 1 atom stereocenters. The average molecular weight is 289 g/mol. The highest BCUT2D eigenvalue weighted by molar-refractivity contribution is 7.86. The number of nitrogens with two attached hydrogens (primary N) is 1. The number of primary amides is 1. The summed E-state index contributed by atoms with van der Waals surface area (Å²) in [6, 6.07) is -0.607. The Morgan fingerprint density at radius 3 is 2.37 bits per heavy atom. The van der Waals surface area contributed by atoms with Gasteiger partial charge < -0.3 is 5.73 Å². The minimum Gasteiger partial charge on any atom is -0.368 e. The first-order chi connectivity index (χ1) is 8.94. The maximum Gasteiger partial charge on any atom is 0.282 e. The van der Waals surface area contributed by atoms with Gasteiger partial charge in [0, 0.05) is 19.6 Å². The van der Waals surface area contributed by atoms with Gasteiger partial charge in [0.25, 0.3) is 10.2 Å². The van der Waals surface area contributed by atoms with Crippen LogP contribution in [0.1, 0.15) is 44.9 Å². The van der Waals surface area contributed by atoms with Crippen molar-refractivity contribution in [3.05, 3.63) is 0 Å². The molecule has 1 saturated heterocycles. The fourth-order valence-electron chi connectivity index (χ4n) is 3.10. The van der Waals surface area contributed by atoms with Crippen molar-refractivity contribution in [2.24, 2.45) is 5.73 Å². The second kappa shape index (κ2) is 5.76. The molecule has 0 aromatic heterocycles. The summed E-state index contributed by atoms with van der Waals surface area (Å²) >= 11 is 0. The van der Waals surface area contributed by atoms with Crippen LogP contribution >= 0.6 is 0 Å². The number of nitrogens with zero attached hydrogens (tertiary/aromatic N) is 2. The van der Waals surface area contributed by atoms with Crippen LogP contribution in [0, 0.1) is 0 Å². The van der Waals surface area contributed by atoms with E-state index in [4.69, 9.17) is 5.73 Å². The average Bonchev–Trinajstić information content (AvgIpc) is 2.89. The van der Waals surface area contributed by atoms with E-state index in [9.17, 15) is 13.2 Å². The number of hydrogen-bond donors (Lipinski definition) is 1. The summed E-state index contributed by atoms with van der Waals surface area (Å²) in [4.78, 5) is 11.4. The van der Waals surface area contributed by atoms with Crippen molar-refractivity contribution < 1.29 is 13.2 Å². The van der Waals surface area contributed by atoms with Gasteiger partial charge in [0.1, 0.15) is 6.04 Å². The Hall–Kier alpha value is -0.660. The van der Waals surface area contributed by atoms with Gasteiger partial charge in [-0.25, -0.2) is 0 Å². The Morgan fingerprint density at radius 1 is 1.16 bits per heavy atom. The molecular formula is C12H23N3O3S. The molecule has 2 fully saturated rings. The van der Waals surface area contributed by atoms with Gasteiger partial charge in [0.15, 0.2) is 0 Å². The quantitative estimate of drug-likeness (QED) is 0.815. The van der Waals surface area contributed by atoms with Gasteiger partial charge in [-0.3, -0.25) is 4.79 Å². The summed E-state index contributed by atoms with van der Waals surface area (Å²) in [6.07, 6.45) is 6.37. The molecule has 1 heterocycles. The molecule has 19 heavy (non-hydrogen) atoms. The molecule has 2 rings (SSSR count). The van der Waals surface area contributed by atoms with Crippen LogP contribution in [-0.4, -0.2) is 48.6 Å². The van der Waals surface area contributed by atoms with Crippen molar-refractivity contribution in [3.63, 3.8) is 0 Å². The minimum absolute atomic E-state index is 0.0628. The zero-order valence-corrected chi connectivity index (χ0v) is 12.2. The van der Waals surface area contributed by atoms with E-state index in [0.29, 0.717) is 19.4 Å². The second-order valence-electron chi connectivity index (χ2n) is 5.49. The summed E-state index contributed by atoms with van der Waals surface area (Å²) in [7, 11) is -1.94. The largest absolute Gasteiger partial charge is 0.368 e. The predicted octanol–water partition coefficient (Wildman–Crippen LogP) is 0.445. The van der Waals surface area contributed by atoms with E-state index in [0.717, 1.165) is 25.7 Å². The van der Waals surface area contributed by atoms with Crippen molar-refractivity contribution in [2.75, 3.05) is 13.6 Å². The molecule has 0 bridgehead atoms. The van der Waals surface area contributed by atoms with Crippen LogP contribution in [0.15, 0.2) is 0 Å². The van der Waals surface area contributed by atoms with Crippen LogP contribution in [0.3, 0.4) is 0 Å². The summed E-state index contributed by atoms with van der Waals surface area (Å²) < 4.78 is 27.9. The first-order valence-electron chi connectivity index (χ1n) is 6.98. The van der Waals surface area contributed by atoms with Gasteiger partial charge in [-0.1, -0.05) is 19.3 Å². The lowest BCUT2D eigenvalue weighted by molar-refractivity contribution is -0.121. The molecule has 0 aromatic carbocycles. The van der Waals surface area contributed by atoms with Crippen molar-refractivity contribution in [1.82, 2.24) is 8.61 Å². The van der Waals surface area contributed by atoms with Gasteiger partial charge >= 0.3 is 0 Å². The Bertz CT molecular complexity index is 432. The fourth-order valence-corrected chi connectivity index (χ4v) is 4.91. The van der Waals surface area contributed by atoms with E-state index in [1.807, 2.05) is 0 Å². The number of carbonyl (C=O) groups is 1. The third-order valence-electron chi connectivity index (χ3n) is 4.28. The van der Waals surface area contributed by atoms with Crippen molar-refractivity contribution in [2.45, 2.75) is 57.0 Å². The van der Waals surface area contributed by atoms with Crippen molar-refractivity contribution in [1.29, 1.82) is 0 Å². The normalized spacial score (nSPS) is 26.9. The number of carbonyl (C=O) groups excluding carboxylic acids is 1. The van der Waals surface area contributed by atoms with Crippen LogP contribution < -0.4 is 5.73 Å². The van der Waals surface area contributed by atoms with Gasteiger partial charge in [0.2, 0.25) is 5.91 Å². The monoisotopic (exact) mass is 289 g/mol. The molecule has 2 N–H and O–H groups in total. The molecule has 0 radical (unpaired) electrons. The highest BCUT2D eigenvalue weighted by atomic mass is 32.2. The maximum atomic E-state index is 12.6. The molecule has 1 aliphatic carbocycles. The van der Waals surface area contributed by atoms with Crippen LogP contribution in [-0.2, 0) is 15.0 Å². The highest BCUT2D eigenvalue weighted by Gasteiger charge is 2.41. The number of amides is 1. The predicted molar refractivity (Wildman–Crippen MR) is 72.5 cm³/mol. The summed E-state index contributed by atoms with van der Waals surface area (Å²) in [6.45, 7) is 0.396. The zero-order valence-electron chi connectivity index (χ0n) is 11.4. The lowest BCUT2D eigenvalue weighted by atomic mass is 9.96. The molecular weight excluding hydrogens is 266 g/mol. The molecule has 1 amide bonds. The van der Waals surface area contributed by atoms with Gasteiger partial charge in [-0.15, -0.1) is 0 Å². The maximum absolute atomic E-state index is 12.6. The Morgan fingerprint density at radius 2 is 1.79 bits per heavy atom. The lowest BCUT2D eigenvalue weighted by Gasteiger charge is -2.34. The van der Waals surface area contributed by atoms with Gasteiger partial charge in [-0.05, 0) is 25.7 Å². The first kappa shape index (κ1) is 14.7. The number of hydrogen-bond acceptors (Lipinski definition) is 3. The molecule has 6 nitrogen and oxygen atoms in total. The van der Waals surface area contributed by atoms with E-state index in [1.165, 1.54) is 15.0 Å². The Balaban J connectivity index is 2.14. The Labute approximate surface area is 115 Å². The molecule has 0 unspecified atom stereocenters. The van der Waals surface area contributed by atoms with E-state index in [1.54, 1.807) is 7.05 Å². The summed E-state index contributed by atoms with van der Waals surface area (Å²) in [5.41, 5.74) is 5.30. The van der Waals surface area contributed by atoms with Gasteiger partial charge in [-0.2, -0.15) is 17.0 Å². The number of rotatable bonds is 4. The molecule has 1 saturated carbocycles. The highest BCUT2D eigenvalue weighted by Crippen LogP contribution is 2.28. The molecule has 1 aliphatic heterocycles. The third kappa shape index (κ3) is 2.93. The van der Waals surface area contributed by atoms with Crippen molar-refractivity contribution >= 4 is 16.1 Å². The molecule has 7 heteroatoms. The van der Waals surface area contributed by atoms with E-state index in [-0.39, 0.29) is 6.04 Å². The Kier molecular flexibility index (Phi) is 4.47. The van der Waals surface area contributed by atoms with E-state index < -0.39 is 22.2 Å². The molecule has 110 valence electrons. The third-order valence-corrected chi connectivity index (χ3v) is 6.34. The lowest BCUT2D eigenvalue weighted by Crippen LogP contribution is -2.51. The van der Waals surface area contributed by atoms with E-state index >= 15 is 0 Å². The van der Waals surface area contributed by atoms with Crippen LogP contribution in [0.5, 0.6) is 0 Å². The zero-order chi connectivity index (χ0) is 14.0. The summed E-state index contributed by atoms with van der Waals surface area (Å²) in [5.74, 6) is -0.543. The van der Waals surface area contributed by atoms with Crippen LogP contribution in [0.2, 0.25) is 0 Å². The molecule has 2 aliphatic rings. The van der Waals surface area contributed by atoms with E-state index in [2.05, 4.69) is 0 Å². The second-order valence-corrected chi connectivity index (χ2v) is 7.43. The standard InChI is InChI=1S/C12H23N3O3S/c1-14(10-6-3-2-4-7-10)19(17,18)15-9-5-8-11(15)12(13)16/h10-11H,2-9H2,1H3,(H2,13,16)/t11-/m1/s1. The minimum atomic E-state index is -3.57. The molecule has 0 aromatic rings. The topological polar surface area (TPSA) is 83.7 Å². The van der Waals surface area contributed by atoms with Crippen molar-refractivity contribution in [3.8, 4) is 0 Å². The van der Waals surface area contributed by atoms with Crippen LogP contribution in [0.4, 0.5) is 0 Å². The van der Waals surface area contributed by atoms with Gasteiger partial charge in [0.05, 0.1) is 0 Å². The van der Waals surface area contributed by atoms with Crippen LogP contribution in [0.25, 0.3) is 0 Å². The smallest absolute Gasteiger partial charge is 0.282 e. The SMILES string of the molecule is CN(C1CCCCC1)S(=O)(=O)N1CCC[C@@H]1C(N)=O. The molecule has 0 spiro atoms. The first-order valence-corrected chi connectivity index (χ1v) is 8.38.